The highest BCUT2D eigenvalue weighted by Gasteiger charge is 2.29. The minimum Gasteiger partial charge on any atom is -0.327 e. The summed E-state index contributed by atoms with van der Waals surface area (Å²) >= 11 is 3.41. The molecule has 2 heterocycles. The Hall–Kier alpha value is -1.71. The number of aryl methyl sites for hydroxylation is 1. The van der Waals surface area contributed by atoms with Crippen LogP contribution in [-0.2, 0) is 21.4 Å². The van der Waals surface area contributed by atoms with Crippen molar-refractivity contribution in [1.29, 1.82) is 0 Å². The molecule has 0 atom stereocenters. The van der Waals surface area contributed by atoms with Gasteiger partial charge in [0.2, 0.25) is 5.91 Å². The van der Waals surface area contributed by atoms with E-state index in [-0.39, 0.29) is 17.5 Å². The van der Waals surface area contributed by atoms with Crippen LogP contribution in [-0.4, -0.2) is 41.3 Å². The third-order valence-electron chi connectivity index (χ3n) is 4.05. The van der Waals surface area contributed by atoms with Crippen molar-refractivity contribution in [3.8, 4) is 0 Å². The molecule has 1 aromatic heterocycles. The van der Waals surface area contributed by atoms with Gasteiger partial charge in [0.25, 0.3) is 10.0 Å². The number of halogens is 1. The zero-order valence-corrected chi connectivity index (χ0v) is 16.2. The van der Waals surface area contributed by atoms with Crippen LogP contribution in [0.4, 0.5) is 5.69 Å². The number of nitrogens with one attached hydrogen (secondary N) is 1. The fourth-order valence-corrected chi connectivity index (χ4v) is 4.41. The summed E-state index contributed by atoms with van der Waals surface area (Å²) in [7, 11) is -3.56. The Kier molecular flexibility index (Phi) is 5.26. The first-order valence-electron chi connectivity index (χ1n) is 7.94. The minimum atomic E-state index is -3.56. The molecule has 1 amide bonds. The number of rotatable bonds is 5. The van der Waals surface area contributed by atoms with Crippen LogP contribution >= 0.6 is 15.9 Å². The fourth-order valence-electron chi connectivity index (χ4n) is 2.71. The van der Waals surface area contributed by atoms with Crippen molar-refractivity contribution in [3.05, 3.63) is 40.8 Å². The molecule has 134 valence electrons. The molecular weight excluding hydrogens is 408 g/mol. The number of carbonyl (C=O) groups excluding carboxylic acids is 1. The van der Waals surface area contributed by atoms with Gasteiger partial charge in [-0.2, -0.15) is 4.31 Å². The number of hydrogen-bond acceptors (Lipinski definition) is 4. The number of aromatic nitrogens is 2. The van der Waals surface area contributed by atoms with E-state index in [1.165, 1.54) is 21.4 Å². The third kappa shape index (κ3) is 4.10. The lowest BCUT2D eigenvalue weighted by atomic mass is 10.2. The van der Waals surface area contributed by atoms with E-state index in [0.717, 1.165) is 22.9 Å². The van der Waals surface area contributed by atoms with Gasteiger partial charge in [-0.25, -0.2) is 13.4 Å². The van der Waals surface area contributed by atoms with Crippen LogP contribution < -0.4 is 5.32 Å². The Morgan fingerprint density at radius 2 is 2.04 bits per heavy atom. The van der Waals surface area contributed by atoms with Gasteiger partial charge in [0.05, 0.1) is 6.33 Å². The van der Waals surface area contributed by atoms with Crippen molar-refractivity contribution < 1.29 is 13.2 Å². The fraction of sp³-hybridized carbons (Fsp3) is 0.375. The van der Waals surface area contributed by atoms with E-state index in [4.69, 9.17) is 0 Å². The maximum Gasteiger partial charge on any atom is 0.262 e. The van der Waals surface area contributed by atoms with E-state index in [1.807, 2.05) is 19.1 Å². The lowest BCUT2D eigenvalue weighted by molar-refractivity contribution is -0.116. The van der Waals surface area contributed by atoms with E-state index in [2.05, 4.69) is 26.2 Å². The molecule has 1 fully saturated rings. The topological polar surface area (TPSA) is 84.3 Å². The number of carbonyl (C=O) groups is 1. The lowest BCUT2D eigenvalue weighted by Gasteiger charge is -2.12. The first-order valence-corrected chi connectivity index (χ1v) is 10.2. The van der Waals surface area contributed by atoms with Gasteiger partial charge in [-0.1, -0.05) is 15.9 Å². The van der Waals surface area contributed by atoms with E-state index < -0.39 is 10.0 Å². The van der Waals surface area contributed by atoms with Crippen molar-refractivity contribution >= 4 is 37.5 Å². The lowest BCUT2D eigenvalue weighted by Crippen LogP contribution is -2.28. The Labute approximate surface area is 155 Å². The van der Waals surface area contributed by atoms with E-state index >= 15 is 0 Å². The number of nitrogens with zero attached hydrogens (tertiary/aromatic N) is 3. The van der Waals surface area contributed by atoms with Gasteiger partial charge in [-0.15, -0.1) is 0 Å². The van der Waals surface area contributed by atoms with Crippen LogP contribution in [0, 0.1) is 6.92 Å². The molecule has 1 saturated heterocycles. The summed E-state index contributed by atoms with van der Waals surface area (Å²) in [6.45, 7) is 2.99. The van der Waals surface area contributed by atoms with Crippen molar-refractivity contribution in [2.45, 2.75) is 31.3 Å². The molecular formula is C16H19BrN4O3S. The predicted octanol–water partition coefficient (Wildman–Crippen LogP) is 2.38. The summed E-state index contributed by atoms with van der Waals surface area (Å²) in [5.74, 6) is -0.246. The summed E-state index contributed by atoms with van der Waals surface area (Å²) in [6.07, 6.45) is 4.51. The molecule has 3 rings (SSSR count). The van der Waals surface area contributed by atoms with Crippen LogP contribution in [0.2, 0.25) is 0 Å². The molecule has 0 unspecified atom stereocenters. The maximum atomic E-state index is 12.4. The molecule has 7 nitrogen and oxygen atoms in total. The molecule has 25 heavy (non-hydrogen) atoms. The largest absolute Gasteiger partial charge is 0.327 e. The van der Waals surface area contributed by atoms with Crippen LogP contribution in [0.25, 0.3) is 0 Å². The molecule has 0 bridgehead atoms. The second kappa shape index (κ2) is 7.27. The summed E-state index contributed by atoms with van der Waals surface area (Å²) in [5.41, 5.74) is 1.70. The second-order valence-corrected chi connectivity index (χ2v) is 8.75. The highest BCUT2D eigenvalue weighted by atomic mass is 79.9. The van der Waals surface area contributed by atoms with Crippen LogP contribution in [0.15, 0.2) is 40.2 Å². The van der Waals surface area contributed by atoms with Gasteiger partial charge in [0.1, 0.15) is 6.54 Å². The van der Waals surface area contributed by atoms with Crippen LogP contribution in [0.1, 0.15) is 18.4 Å². The number of imidazole rings is 1. The monoisotopic (exact) mass is 426 g/mol. The zero-order valence-electron chi connectivity index (χ0n) is 13.8. The molecule has 1 aliphatic heterocycles. The molecule has 1 aromatic carbocycles. The van der Waals surface area contributed by atoms with Gasteiger partial charge in [0, 0.05) is 29.4 Å². The van der Waals surface area contributed by atoms with Gasteiger partial charge in [-0.05, 0) is 43.5 Å². The second-order valence-electron chi connectivity index (χ2n) is 6.01. The summed E-state index contributed by atoms with van der Waals surface area (Å²) in [4.78, 5) is 16.1. The molecule has 1 N–H and O–H groups in total. The molecule has 0 spiro atoms. The molecule has 2 aromatic rings. The van der Waals surface area contributed by atoms with Crippen molar-refractivity contribution in [3.63, 3.8) is 0 Å². The Bertz CT molecular complexity index is 889. The predicted molar refractivity (Wildman–Crippen MR) is 97.7 cm³/mol. The van der Waals surface area contributed by atoms with Crippen molar-refractivity contribution in [2.24, 2.45) is 0 Å². The maximum absolute atomic E-state index is 12.4. The Morgan fingerprint density at radius 3 is 2.72 bits per heavy atom. The normalized spacial score (nSPS) is 15.4. The van der Waals surface area contributed by atoms with E-state index in [1.54, 1.807) is 6.07 Å². The standard InChI is InChI=1S/C16H19BrN4O3S/c1-12-8-13(4-5-14(12)17)19-15(22)9-20-10-16(18-11-20)25(23,24)21-6-2-3-7-21/h4-5,8,10-11H,2-3,6-7,9H2,1H3,(H,19,22). The smallest absolute Gasteiger partial charge is 0.262 e. The first-order chi connectivity index (χ1) is 11.9. The Morgan fingerprint density at radius 1 is 1.32 bits per heavy atom. The molecule has 0 saturated carbocycles. The van der Waals surface area contributed by atoms with Crippen molar-refractivity contribution in [2.75, 3.05) is 18.4 Å². The quantitative estimate of drug-likeness (QED) is 0.794. The highest BCUT2D eigenvalue weighted by molar-refractivity contribution is 9.10. The van der Waals surface area contributed by atoms with Gasteiger partial charge < -0.3 is 9.88 Å². The number of sulfonamides is 1. The summed E-state index contributed by atoms with van der Waals surface area (Å²) < 4.78 is 28.8. The summed E-state index contributed by atoms with van der Waals surface area (Å²) in [5, 5.41) is 2.78. The molecule has 9 heteroatoms. The van der Waals surface area contributed by atoms with Gasteiger partial charge in [-0.3, -0.25) is 4.79 Å². The van der Waals surface area contributed by atoms with Crippen LogP contribution in [0.3, 0.4) is 0 Å². The first kappa shape index (κ1) is 18.1. The number of benzene rings is 1. The van der Waals surface area contributed by atoms with E-state index in [9.17, 15) is 13.2 Å². The molecule has 1 aliphatic rings. The third-order valence-corrected chi connectivity index (χ3v) is 6.72. The number of hydrogen-bond donors (Lipinski definition) is 1. The minimum absolute atomic E-state index is 0.00235. The highest BCUT2D eigenvalue weighted by Crippen LogP contribution is 2.21. The van der Waals surface area contributed by atoms with Gasteiger partial charge >= 0.3 is 0 Å². The van der Waals surface area contributed by atoms with Gasteiger partial charge in [0.15, 0.2) is 5.03 Å². The van der Waals surface area contributed by atoms with E-state index in [0.29, 0.717) is 18.8 Å². The average molecular weight is 427 g/mol. The number of anilines is 1. The van der Waals surface area contributed by atoms with Crippen molar-refractivity contribution in [1.82, 2.24) is 13.9 Å². The zero-order chi connectivity index (χ0) is 18.0. The number of amides is 1. The summed E-state index contributed by atoms with van der Waals surface area (Å²) in [6, 6.07) is 5.52. The van der Waals surface area contributed by atoms with Crippen LogP contribution in [0.5, 0.6) is 0 Å². The SMILES string of the molecule is Cc1cc(NC(=O)Cn2cnc(S(=O)(=O)N3CCCC3)c2)ccc1Br. The molecule has 0 radical (unpaired) electrons. The average Bonchev–Trinajstić information content (AvgIpc) is 3.22. The Balaban J connectivity index is 1.66. The molecule has 0 aliphatic carbocycles.